The predicted molar refractivity (Wildman–Crippen MR) is 56.1 cm³/mol. The first kappa shape index (κ1) is 10.6. The van der Waals surface area contributed by atoms with Gasteiger partial charge in [-0.05, 0) is 29.9 Å². The number of alkyl halides is 1. The maximum Gasteiger partial charge on any atom is 0.0934 e. The molecule has 0 N–H and O–H groups in total. The van der Waals surface area contributed by atoms with Gasteiger partial charge < -0.3 is 4.42 Å². The maximum atomic E-state index is 5.97. The van der Waals surface area contributed by atoms with E-state index in [1.54, 1.807) is 12.5 Å². The van der Waals surface area contributed by atoms with E-state index in [0.717, 1.165) is 6.42 Å². The molecule has 1 heterocycles. The fraction of sp³-hybridized carbons (Fsp3) is 0.636. The molecule has 1 unspecified atom stereocenters. The van der Waals surface area contributed by atoms with Gasteiger partial charge in [-0.3, -0.25) is 0 Å². The molecular formula is C11H17ClO. The van der Waals surface area contributed by atoms with Crippen LogP contribution in [0.2, 0.25) is 0 Å². The number of hydrogen-bond donors (Lipinski definition) is 0. The molecule has 13 heavy (non-hydrogen) atoms. The molecule has 1 aromatic heterocycles. The van der Waals surface area contributed by atoms with Crippen molar-refractivity contribution in [2.75, 3.05) is 5.88 Å². The van der Waals surface area contributed by atoms with Gasteiger partial charge in [-0.15, -0.1) is 11.6 Å². The zero-order chi connectivity index (χ0) is 9.73. The van der Waals surface area contributed by atoms with Crippen LogP contribution in [0.4, 0.5) is 0 Å². The second-order valence-electron chi connectivity index (χ2n) is 4.00. The minimum absolute atomic E-state index is 0.222. The van der Waals surface area contributed by atoms with Crippen molar-refractivity contribution in [2.24, 2.45) is 5.41 Å². The molecule has 0 aliphatic heterocycles. The Kier molecular flexibility index (Phi) is 3.86. The smallest absolute Gasteiger partial charge is 0.0934 e. The molecule has 0 saturated heterocycles. The molecule has 1 nitrogen and oxygen atoms in total. The fourth-order valence-corrected chi connectivity index (χ4v) is 1.92. The quantitative estimate of drug-likeness (QED) is 0.658. The maximum absolute atomic E-state index is 5.97. The molecule has 0 bridgehead atoms. The van der Waals surface area contributed by atoms with Crippen LogP contribution < -0.4 is 0 Å². The monoisotopic (exact) mass is 200 g/mol. The van der Waals surface area contributed by atoms with E-state index in [4.69, 9.17) is 16.0 Å². The average Bonchev–Trinajstić information content (AvgIpc) is 2.57. The van der Waals surface area contributed by atoms with Crippen LogP contribution >= 0.6 is 11.6 Å². The van der Waals surface area contributed by atoms with Crippen LogP contribution in [0.25, 0.3) is 0 Å². The SMILES string of the molecule is CCCC(C)(CCl)Cc1ccoc1. The Morgan fingerprint density at radius 1 is 1.54 bits per heavy atom. The van der Waals surface area contributed by atoms with Crippen molar-refractivity contribution in [1.82, 2.24) is 0 Å². The van der Waals surface area contributed by atoms with Gasteiger partial charge in [-0.25, -0.2) is 0 Å². The topological polar surface area (TPSA) is 13.1 Å². The van der Waals surface area contributed by atoms with Gasteiger partial charge in [0, 0.05) is 5.88 Å². The molecule has 0 amide bonds. The van der Waals surface area contributed by atoms with Gasteiger partial charge in [0.15, 0.2) is 0 Å². The predicted octanol–water partition coefficient (Wildman–Crippen LogP) is 3.87. The first-order valence-electron chi connectivity index (χ1n) is 4.77. The molecule has 0 aromatic carbocycles. The van der Waals surface area contributed by atoms with Crippen LogP contribution in [0.5, 0.6) is 0 Å². The molecule has 0 spiro atoms. The summed E-state index contributed by atoms with van der Waals surface area (Å²) in [6, 6.07) is 2.01. The third-order valence-electron chi connectivity index (χ3n) is 2.39. The van der Waals surface area contributed by atoms with Crippen molar-refractivity contribution in [1.29, 1.82) is 0 Å². The Hall–Kier alpha value is -0.430. The van der Waals surface area contributed by atoms with Gasteiger partial charge in [-0.1, -0.05) is 20.3 Å². The molecule has 74 valence electrons. The Labute approximate surface area is 85.1 Å². The highest BCUT2D eigenvalue weighted by Crippen LogP contribution is 2.29. The van der Waals surface area contributed by atoms with Crippen molar-refractivity contribution >= 4 is 11.6 Å². The van der Waals surface area contributed by atoms with Crippen molar-refractivity contribution in [3.8, 4) is 0 Å². The van der Waals surface area contributed by atoms with E-state index in [2.05, 4.69) is 13.8 Å². The summed E-state index contributed by atoms with van der Waals surface area (Å²) in [4.78, 5) is 0. The van der Waals surface area contributed by atoms with E-state index in [1.807, 2.05) is 6.07 Å². The molecule has 1 atom stereocenters. The van der Waals surface area contributed by atoms with Gasteiger partial charge in [0.25, 0.3) is 0 Å². The van der Waals surface area contributed by atoms with E-state index in [0.29, 0.717) is 5.88 Å². The van der Waals surface area contributed by atoms with Crippen LogP contribution in [0.1, 0.15) is 32.3 Å². The minimum atomic E-state index is 0.222. The molecule has 1 aromatic rings. The van der Waals surface area contributed by atoms with Gasteiger partial charge in [0.1, 0.15) is 0 Å². The molecule has 0 aliphatic carbocycles. The van der Waals surface area contributed by atoms with Crippen LogP contribution in [0.3, 0.4) is 0 Å². The summed E-state index contributed by atoms with van der Waals surface area (Å²) in [5.41, 5.74) is 1.47. The van der Waals surface area contributed by atoms with E-state index in [9.17, 15) is 0 Å². The lowest BCUT2D eigenvalue weighted by molar-refractivity contribution is 0.334. The molecule has 0 radical (unpaired) electrons. The number of halogens is 1. The third-order valence-corrected chi connectivity index (χ3v) is 3.03. The highest BCUT2D eigenvalue weighted by atomic mass is 35.5. The van der Waals surface area contributed by atoms with E-state index in [1.165, 1.54) is 18.4 Å². The fourth-order valence-electron chi connectivity index (χ4n) is 1.69. The summed E-state index contributed by atoms with van der Waals surface area (Å²) in [5.74, 6) is 0.714. The zero-order valence-corrected chi connectivity index (χ0v) is 9.10. The summed E-state index contributed by atoms with van der Waals surface area (Å²) >= 11 is 5.97. The van der Waals surface area contributed by atoms with Gasteiger partial charge in [0.2, 0.25) is 0 Å². The Morgan fingerprint density at radius 3 is 2.77 bits per heavy atom. The summed E-state index contributed by atoms with van der Waals surface area (Å²) in [5, 5.41) is 0. The zero-order valence-electron chi connectivity index (χ0n) is 8.35. The highest BCUT2D eigenvalue weighted by molar-refractivity contribution is 6.18. The summed E-state index contributed by atoms with van der Waals surface area (Å²) < 4.78 is 5.04. The average molecular weight is 201 g/mol. The second-order valence-corrected chi connectivity index (χ2v) is 4.27. The van der Waals surface area contributed by atoms with Crippen LogP contribution in [0.15, 0.2) is 23.0 Å². The summed E-state index contributed by atoms with van der Waals surface area (Å²) in [7, 11) is 0. The standard InChI is InChI=1S/C11H17ClO/c1-3-5-11(2,9-12)7-10-4-6-13-8-10/h4,6,8H,3,5,7,9H2,1-2H3. The highest BCUT2D eigenvalue weighted by Gasteiger charge is 2.22. The van der Waals surface area contributed by atoms with Gasteiger partial charge in [-0.2, -0.15) is 0 Å². The van der Waals surface area contributed by atoms with E-state index >= 15 is 0 Å². The van der Waals surface area contributed by atoms with Crippen molar-refractivity contribution in [2.45, 2.75) is 33.1 Å². The van der Waals surface area contributed by atoms with Crippen LogP contribution in [-0.4, -0.2) is 5.88 Å². The number of rotatable bonds is 5. The number of hydrogen-bond acceptors (Lipinski definition) is 1. The number of furan rings is 1. The van der Waals surface area contributed by atoms with Crippen LogP contribution in [0, 0.1) is 5.41 Å². The third kappa shape index (κ3) is 3.07. The first-order chi connectivity index (χ1) is 6.20. The summed E-state index contributed by atoms with van der Waals surface area (Å²) in [6.45, 7) is 4.43. The minimum Gasteiger partial charge on any atom is -0.472 e. The lowest BCUT2D eigenvalue weighted by Gasteiger charge is -2.25. The second kappa shape index (κ2) is 4.71. The largest absolute Gasteiger partial charge is 0.472 e. The van der Waals surface area contributed by atoms with Gasteiger partial charge in [0.05, 0.1) is 12.5 Å². The Morgan fingerprint density at radius 2 is 2.31 bits per heavy atom. The summed E-state index contributed by atoms with van der Waals surface area (Å²) in [6.07, 6.45) is 6.89. The normalized spacial score (nSPS) is 15.6. The first-order valence-corrected chi connectivity index (χ1v) is 5.31. The molecular weight excluding hydrogens is 184 g/mol. The molecule has 0 saturated carbocycles. The lowest BCUT2D eigenvalue weighted by atomic mass is 9.82. The lowest BCUT2D eigenvalue weighted by Crippen LogP contribution is -2.21. The van der Waals surface area contributed by atoms with Crippen molar-refractivity contribution in [3.63, 3.8) is 0 Å². The molecule has 2 heteroatoms. The van der Waals surface area contributed by atoms with E-state index < -0.39 is 0 Å². The Balaban J connectivity index is 2.58. The van der Waals surface area contributed by atoms with Crippen molar-refractivity contribution < 1.29 is 4.42 Å². The molecule has 1 rings (SSSR count). The van der Waals surface area contributed by atoms with Crippen molar-refractivity contribution in [3.05, 3.63) is 24.2 Å². The van der Waals surface area contributed by atoms with Crippen LogP contribution in [-0.2, 0) is 6.42 Å². The Bertz CT molecular complexity index is 230. The molecule has 0 fully saturated rings. The van der Waals surface area contributed by atoms with Gasteiger partial charge >= 0.3 is 0 Å². The molecule has 0 aliphatic rings. The van der Waals surface area contributed by atoms with E-state index in [-0.39, 0.29) is 5.41 Å².